The zero-order valence-corrected chi connectivity index (χ0v) is 29.9. The number of methoxy groups -OCH3 is 2. The number of likely N-dealkylation sites (N-methyl/N-ethyl adjacent to an activating group) is 1. The molecule has 1 aliphatic rings. The molecule has 0 amide bonds. The average molecular weight is 709 g/mol. The molecule has 6 rings (SSSR count). The van der Waals surface area contributed by atoms with Crippen LogP contribution in [0.4, 0.5) is 17.3 Å². The lowest BCUT2D eigenvalue weighted by atomic mass is 10.0. The van der Waals surface area contributed by atoms with E-state index in [4.69, 9.17) is 30.8 Å². The molecule has 51 heavy (non-hydrogen) atoms. The molecule has 12 heteroatoms. The monoisotopic (exact) mass is 708 g/mol. The van der Waals surface area contributed by atoms with Gasteiger partial charge in [-0.1, -0.05) is 41.9 Å². The molecule has 3 heterocycles. The topological polar surface area (TPSA) is 111 Å². The third-order valence-electron chi connectivity index (χ3n) is 8.57. The van der Waals surface area contributed by atoms with Crippen LogP contribution in [-0.2, 0) is 22.5 Å². The van der Waals surface area contributed by atoms with Crippen molar-refractivity contribution in [3.05, 3.63) is 112 Å². The van der Waals surface area contributed by atoms with Crippen molar-refractivity contribution in [1.82, 2.24) is 19.4 Å². The predicted octanol–water partition coefficient (Wildman–Crippen LogP) is 5.99. The average Bonchev–Trinajstić information content (AvgIpc) is 3.13. The molecular formula is C39H41ClN6O5. The fraction of sp³-hybridized carbons (Fsp3) is 0.282. The van der Waals surface area contributed by atoms with Crippen molar-refractivity contribution >= 4 is 45.7 Å². The number of fused-ring (bicyclic) bond motifs is 1. The Bertz CT molecular complexity index is 2110. The number of anilines is 3. The Hall–Kier alpha value is -5.23. The van der Waals surface area contributed by atoms with Gasteiger partial charge in [-0.15, -0.1) is 0 Å². The number of nitrogens with zero attached hydrogens (tertiary/aromatic N) is 5. The summed E-state index contributed by atoms with van der Waals surface area (Å²) in [6.07, 6.45) is 5.40. The summed E-state index contributed by atoms with van der Waals surface area (Å²) in [6.45, 7) is 3.98. The maximum Gasteiger partial charge on any atom is 0.260 e. The molecule has 0 unspecified atom stereocenters. The maximum absolute atomic E-state index is 14.5. The van der Waals surface area contributed by atoms with Gasteiger partial charge in [-0.2, -0.15) is 4.98 Å². The van der Waals surface area contributed by atoms with Crippen LogP contribution in [0.2, 0.25) is 5.02 Å². The van der Waals surface area contributed by atoms with E-state index in [1.165, 1.54) is 7.11 Å². The van der Waals surface area contributed by atoms with E-state index in [0.29, 0.717) is 59.4 Å². The molecule has 1 aliphatic heterocycles. The number of carbonyl (C=O) groups excluding carboxylic acids is 1. The number of ketones is 1. The highest BCUT2D eigenvalue weighted by Gasteiger charge is 2.20. The molecule has 0 bridgehead atoms. The van der Waals surface area contributed by atoms with E-state index in [1.54, 1.807) is 42.1 Å². The maximum atomic E-state index is 14.5. The minimum absolute atomic E-state index is 0.00154. The zero-order chi connectivity index (χ0) is 35.9. The standard InChI is InChI=1S/C39H41ClN6O5/c1-44(2)14-6-9-31(47)20-26-7-5-8-27(19-26)25-46-37-28(21-34(38(46)48)33-22-32(49-3)23-35(50-4)36(33)40)24-41-39(43-37)42-29-10-12-30(13-11-29)45-15-17-51-18-16-45/h5-13,19,21-24H,14-18,20,25H2,1-4H3,(H,41,42,43)/b9-6+. The van der Waals surface area contributed by atoms with Gasteiger partial charge in [0.25, 0.3) is 5.56 Å². The zero-order valence-electron chi connectivity index (χ0n) is 29.2. The summed E-state index contributed by atoms with van der Waals surface area (Å²) in [5.41, 5.74) is 4.52. The first-order valence-corrected chi connectivity index (χ1v) is 17.0. The van der Waals surface area contributed by atoms with Crippen molar-refractivity contribution < 1.29 is 19.0 Å². The number of ether oxygens (including phenoxy) is 3. The second-order valence-corrected chi connectivity index (χ2v) is 12.9. The summed E-state index contributed by atoms with van der Waals surface area (Å²) in [4.78, 5) is 40.9. The molecule has 0 spiro atoms. The molecule has 1 saturated heterocycles. The van der Waals surface area contributed by atoms with E-state index in [2.05, 4.69) is 27.3 Å². The largest absolute Gasteiger partial charge is 0.497 e. The van der Waals surface area contributed by atoms with E-state index in [-0.39, 0.29) is 29.3 Å². The number of carbonyl (C=O) groups is 1. The fourth-order valence-electron chi connectivity index (χ4n) is 5.98. The number of nitrogens with one attached hydrogen (secondary N) is 1. The molecule has 3 aromatic carbocycles. The van der Waals surface area contributed by atoms with Crippen molar-refractivity contribution in [3.63, 3.8) is 0 Å². The molecule has 5 aromatic rings. The lowest BCUT2D eigenvalue weighted by molar-refractivity contribution is -0.114. The van der Waals surface area contributed by atoms with Gasteiger partial charge < -0.3 is 29.3 Å². The second kappa shape index (κ2) is 16.2. The number of hydrogen-bond acceptors (Lipinski definition) is 10. The number of pyridine rings is 1. The van der Waals surface area contributed by atoms with E-state index < -0.39 is 0 Å². The summed E-state index contributed by atoms with van der Waals surface area (Å²) in [6, 6.07) is 20.9. The van der Waals surface area contributed by atoms with Gasteiger partial charge in [0.1, 0.15) is 17.1 Å². The first kappa shape index (κ1) is 35.6. The number of aromatic nitrogens is 3. The number of hydrogen-bond donors (Lipinski definition) is 1. The minimum Gasteiger partial charge on any atom is -0.497 e. The smallest absolute Gasteiger partial charge is 0.260 e. The summed E-state index contributed by atoms with van der Waals surface area (Å²) < 4.78 is 18.1. The molecule has 0 radical (unpaired) electrons. The first-order chi connectivity index (χ1) is 24.7. The van der Waals surface area contributed by atoms with Gasteiger partial charge in [0, 0.05) is 66.2 Å². The summed E-state index contributed by atoms with van der Waals surface area (Å²) >= 11 is 6.79. The Balaban J connectivity index is 1.38. The van der Waals surface area contributed by atoms with Crippen LogP contribution in [0.1, 0.15) is 11.1 Å². The lowest BCUT2D eigenvalue weighted by Crippen LogP contribution is -2.36. The Kier molecular flexibility index (Phi) is 11.3. The van der Waals surface area contributed by atoms with E-state index in [1.807, 2.05) is 61.5 Å². The SMILES string of the molecule is COc1cc(OC)c(Cl)c(-c2cc3cnc(Nc4ccc(N5CCOCC5)cc4)nc3n(Cc3cccc(CC(=O)/C=C/CN(C)C)c3)c2=O)c1. The van der Waals surface area contributed by atoms with Gasteiger partial charge in [0.15, 0.2) is 5.78 Å². The fourth-order valence-corrected chi connectivity index (χ4v) is 6.26. The molecule has 1 N–H and O–H groups in total. The van der Waals surface area contributed by atoms with Crippen molar-refractivity contribution in [3.8, 4) is 22.6 Å². The predicted molar refractivity (Wildman–Crippen MR) is 202 cm³/mol. The molecule has 11 nitrogen and oxygen atoms in total. The first-order valence-electron chi connectivity index (χ1n) is 16.7. The van der Waals surface area contributed by atoms with Crippen LogP contribution in [0.5, 0.6) is 11.5 Å². The van der Waals surface area contributed by atoms with Crippen LogP contribution in [0.3, 0.4) is 0 Å². The van der Waals surface area contributed by atoms with Crippen LogP contribution in [0, 0.1) is 0 Å². The molecule has 1 fully saturated rings. The summed E-state index contributed by atoms with van der Waals surface area (Å²) in [5, 5.41) is 4.21. The number of rotatable bonds is 13. The summed E-state index contributed by atoms with van der Waals surface area (Å²) in [7, 11) is 6.95. The number of benzene rings is 3. The third-order valence-corrected chi connectivity index (χ3v) is 8.96. The molecule has 0 saturated carbocycles. The van der Waals surface area contributed by atoms with E-state index >= 15 is 0 Å². The van der Waals surface area contributed by atoms with Crippen LogP contribution < -0.4 is 25.2 Å². The normalized spacial score (nSPS) is 13.3. The molecular weight excluding hydrogens is 668 g/mol. The number of halogens is 1. The van der Waals surface area contributed by atoms with E-state index in [9.17, 15) is 9.59 Å². The number of allylic oxidation sites excluding steroid dienone is 1. The lowest BCUT2D eigenvalue weighted by Gasteiger charge is -2.28. The molecule has 0 atom stereocenters. The third kappa shape index (κ3) is 8.57. The van der Waals surface area contributed by atoms with Crippen molar-refractivity contribution in [2.75, 3.05) is 71.4 Å². The highest BCUT2D eigenvalue weighted by Crippen LogP contribution is 2.38. The molecule has 264 valence electrons. The Labute approximate surface area is 302 Å². The van der Waals surface area contributed by atoms with Gasteiger partial charge >= 0.3 is 0 Å². The number of morpholine rings is 1. The quantitative estimate of drug-likeness (QED) is 0.147. The molecule has 0 aliphatic carbocycles. The highest BCUT2D eigenvalue weighted by molar-refractivity contribution is 6.35. The van der Waals surface area contributed by atoms with Gasteiger partial charge in [-0.3, -0.25) is 14.2 Å². The van der Waals surface area contributed by atoms with Crippen molar-refractivity contribution in [2.24, 2.45) is 0 Å². The van der Waals surface area contributed by atoms with Gasteiger partial charge in [0.2, 0.25) is 5.95 Å². The van der Waals surface area contributed by atoms with Crippen molar-refractivity contribution in [1.29, 1.82) is 0 Å². The summed E-state index contributed by atoms with van der Waals surface area (Å²) in [5.74, 6) is 1.21. The highest BCUT2D eigenvalue weighted by atomic mass is 35.5. The van der Waals surface area contributed by atoms with Gasteiger partial charge in [0.05, 0.1) is 39.0 Å². The minimum atomic E-state index is -0.313. The van der Waals surface area contributed by atoms with Crippen LogP contribution in [-0.4, -0.2) is 86.4 Å². The van der Waals surface area contributed by atoms with E-state index in [0.717, 1.165) is 35.6 Å². The van der Waals surface area contributed by atoms with Crippen LogP contribution in [0.25, 0.3) is 22.2 Å². The Morgan fingerprint density at radius 3 is 2.49 bits per heavy atom. The van der Waals surface area contributed by atoms with Crippen LogP contribution in [0.15, 0.2) is 89.9 Å². The van der Waals surface area contributed by atoms with Crippen LogP contribution >= 0.6 is 11.6 Å². The second-order valence-electron chi connectivity index (χ2n) is 12.5. The van der Waals surface area contributed by atoms with Gasteiger partial charge in [-0.05, 0) is 67.7 Å². The van der Waals surface area contributed by atoms with Gasteiger partial charge in [-0.25, -0.2) is 4.98 Å². The Morgan fingerprint density at radius 2 is 1.76 bits per heavy atom. The Morgan fingerprint density at radius 1 is 1.00 bits per heavy atom. The van der Waals surface area contributed by atoms with Crippen molar-refractivity contribution in [2.45, 2.75) is 13.0 Å². The molecule has 2 aromatic heterocycles.